The monoisotopic (exact) mass is 544 g/mol. The van der Waals surface area contributed by atoms with Crippen LogP contribution in [-0.4, -0.2) is 0 Å². The van der Waals surface area contributed by atoms with E-state index in [4.69, 9.17) is 0 Å². The molecule has 0 radical (unpaired) electrons. The highest BCUT2D eigenvalue weighted by Gasteiger charge is 2.32. The summed E-state index contributed by atoms with van der Waals surface area (Å²) >= 11 is 0. The van der Waals surface area contributed by atoms with Gasteiger partial charge in [-0.1, -0.05) is 80.8 Å². The third-order valence-corrected chi connectivity index (χ3v) is 9.76. The van der Waals surface area contributed by atoms with E-state index in [-0.39, 0.29) is 11.4 Å². The summed E-state index contributed by atoms with van der Waals surface area (Å²) in [6, 6.07) is 16.2. The minimum absolute atomic E-state index is 0.132. The molecule has 40 heavy (non-hydrogen) atoms. The molecular formula is C37H43F3. The van der Waals surface area contributed by atoms with Crippen molar-refractivity contribution in [3.8, 4) is 22.3 Å². The second-order valence-electron chi connectivity index (χ2n) is 12.2. The molecule has 0 amide bonds. The molecule has 0 unspecified atom stereocenters. The Labute approximate surface area is 238 Å². The smallest absolute Gasteiger partial charge is 0.166 e. The number of halogens is 3. The van der Waals surface area contributed by atoms with Gasteiger partial charge in [0.2, 0.25) is 0 Å². The fourth-order valence-electron chi connectivity index (χ4n) is 7.36. The predicted molar refractivity (Wildman–Crippen MR) is 161 cm³/mol. The van der Waals surface area contributed by atoms with Crippen molar-refractivity contribution < 1.29 is 13.2 Å². The lowest BCUT2D eigenvalue weighted by molar-refractivity contribution is 0.156. The fourth-order valence-corrected chi connectivity index (χ4v) is 7.36. The molecule has 2 saturated carbocycles. The number of aryl methyl sites for hydroxylation is 1. The van der Waals surface area contributed by atoms with Crippen molar-refractivity contribution in [1.29, 1.82) is 0 Å². The quantitative estimate of drug-likeness (QED) is 0.235. The van der Waals surface area contributed by atoms with Crippen LogP contribution in [-0.2, 0) is 6.42 Å². The molecule has 0 heterocycles. The summed E-state index contributed by atoms with van der Waals surface area (Å²) in [5, 5.41) is 0. The Morgan fingerprint density at radius 3 is 1.98 bits per heavy atom. The first-order valence-corrected chi connectivity index (χ1v) is 15.5. The Morgan fingerprint density at radius 2 is 1.35 bits per heavy atom. The highest BCUT2D eigenvalue weighted by Crippen LogP contribution is 2.45. The van der Waals surface area contributed by atoms with Crippen LogP contribution in [0.5, 0.6) is 0 Å². The summed E-state index contributed by atoms with van der Waals surface area (Å²) in [7, 11) is 0. The van der Waals surface area contributed by atoms with Gasteiger partial charge in [0.1, 0.15) is 5.82 Å². The number of rotatable bonds is 9. The van der Waals surface area contributed by atoms with Gasteiger partial charge >= 0.3 is 0 Å². The van der Waals surface area contributed by atoms with Crippen molar-refractivity contribution in [1.82, 2.24) is 0 Å². The fraction of sp³-hybridized carbons (Fsp3) is 0.459. The van der Waals surface area contributed by atoms with Gasteiger partial charge in [0.25, 0.3) is 0 Å². The summed E-state index contributed by atoms with van der Waals surface area (Å²) in [5.74, 6) is 1.14. The molecule has 2 fully saturated rings. The Kier molecular flexibility index (Phi) is 9.50. The zero-order valence-corrected chi connectivity index (χ0v) is 23.9. The highest BCUT2D eigenvalue weighted by molar-refractivity contribution is 5.71. The first-order chi connectivity index (χ1) is 19.5. The topological polar surface area (TPSA) is 0 Å². The van der Waals surface area contributed by atoms with E-state index in [1.165, 1.54) is 44.9 Å². The summed E-state index contributed by atoms with van der Waals surface area (Å²) in [4.78, 5) is 0. The molecular weight excluding hydrogens is 501 g/mol. The Balaban J connectivity index is 1.20. The highest BCUT2D eigenvalue weighted by atomic mass is 19.2. The van der Waals surface area contributed by atoms with Gasteiger partial charge in [0.15, 0.2) is 11.6 Å². The van der Waals surface area contributed by atoms with Crippen molar-refractivity contribution in [3.05, 3.63) is 95.8 Å². The van der Waals surface area contributed by atoms with Crippen LogP contribution in [0.25, 0.3) is 22.3 Å². The molecule has 0 spiro atoms. The van der Waals surface area contributed by atoms with E-state index in [1.54, 1.807) is 30.3 Å². The standard InChI is InChI=1S/C37H43F3/c1-3-5-7-25-8-10-26(11-9-25)27-12-16-29(17-13-27)33-22-21-32(24-35(33)38)28-14-18-30(19-15-28)34-23-20-31(6-4-2)36(39)37(34)40/h3,14-15,18-27,29H,1,4-13,16-17H2,2H3. The van der Waals surface area contributed by atoms with Gasteiger partial charge in [0, 0.05) is 5.56 Å². The molecule has 2 aliphatic carbocycles. The zero-order chi connectivity index (χ0) is 28.1. The third kappa shape index (κ3) is 6.40. The van der Waals surface area contributed by atoms with Crippen LogP contribution in [0, 0.1) is 35.2 Å². The van der Waals surface area contributed by atoms with Gasteiger partial charge in [-0.3, -0.25) is 0 Å². The predicted octanol–water partition coefficient (Wildman–Crippen LogP) is 11.4. The minimum atomic E-state index is -0.806. The molecule has 212 valence electrons. The molecule has 0 aromatic heterocycles. The summed E-state index contributed by atoms with van der Waals surface area (Å²) in [5.41, 5.74) is 3.79. The lowest BCUT2D eigenvalue weighted by Crippen LogP contribution is -2.25. The average molecular weight is 545 g/mol. The maximum Gasteiger partial charge on any atom is 0.166 e. The molecule has 3 heteroatoms. The van der Waals surface area contributed by atoms with E-state index >= 15 is 4.39 Å². The minimum Gasteiger partial charge on any atom is -0.207 e. The molecule has 3 aromatic rings. The van der Waals surface area contributed by atoms with Crippen LogP contribution >= 0.6 is 0 Å². The second kappa shape index (κ2) is 13.2. The summed E-state index contributed by atoms with van der Waals surface area (Å²) < 4.78 is 44.6. The van der Waals surface area contributed by atoms with Gasteiger partial charge in [0.05, 0.1) is 0 Å². The largest absolute Gasteiger partial charge is 0.207 e. The van der Waals surface area contributed by atoms with E-state index in [0.717, 1.165) is 60.1 Å². The molecule has 0 aliphatic heterocycles. The van der Waals surface area contributed by atoms with Gasteiger partial charge < -0.3 is 0 Å². The van der Waals surface area contributed by atoms with Crippen molar-refractivity contribution in [2.24, 2.45) is 17.8 Å². The van der Waals surface area contributed by atoms with Crippen LogP contribution in [0.3, 0.4) is 0 Å². The van der Waals surface area contributed by atoms with Crippen molar-refractivity contribution in [2.45, 2.75) is 89.9 Å². The van der Waals surface area contributed by atoms with E-state index in [0.29, 0.717) is 23.5 Å². The first kappa shape index (κ1) is 28.7. The van der Waals surface area contributed by atoms with Crippen LogP contribution in [0.2, 0.25) is 0 Å². The SMILES string of the molecule is C=CCCC1CCC(C2CCC(c3ccc(-c4ccc(-c5ccc(CCC)c(F)c5F)cc4)cc3F)CC2)CC1. The molecule has 0 atom stereocenters. The Hall–Kier alpha value is -2.81. The molecule has 0 N–H and O–H groups in total. The van der Waals surface area contributed by atoms with Crippen LogP contribution < -0.4 is 0 Å². The maximum absolute atomic E-state index is 15.4. The molecule has 0 saturated heterocycles. The van der Waals surface area contributed by atoms with Crippen molar-refractivity contribution in [3.63, 3.8) is 0 Å². The van der Waals surface area contributed by atoms with Gasteiger partial charge in [-0.05, 0) is 115 Å². The zero-order valence-electron chi connectivity index (χ0n) is 23.9. The number of allylic oxidation sites excluding steroid dienone is 1. The van der Waals surface area contributed by atoms with Crippen LogP contribution in [0.4, 0.5) is 13.2 Å². The second-order valence-corrected chi connectivity index (χ2v) is 12.2. The molecule has 0 nitrogen and oxygen atoms in total. The van der Waals surface area contributed by atoms with E-state index in [9.17, 15) is 8.78 Å². The molecule has 3 aromatic carbocycles. The molecule has 5 rings (SSSR count). The first-order valence-electron chi connectivity index (χ1n) is 15.5. The lowest BCUT2D eigenvalue weighted by atomic mass is 9.68. The van der Waals surface area contributed by atoms with Gasteiger partial charge in [-0.2, -0.15) is 0 Å². The van der Waals surface area contributed by atoms with Crippen LogP contribution in [0.15, 0.2) is 67.3 Å². The van der Waals surface area contributed by atoms with Crippen molar-refractivity contribution in [2.75, 3.05) is 0 Å². The summed E-state index contributed by atoms with van der Waals surface area (Å²) in [6.07, 6.45) is 15.8. The lowest BCUT2D eigenvalue weighted by Gasteiger charge is -2.38. The molecule has 0 bridgehead atoms. The molecule has 2 aliphatic rings. The number of hydrogen-bond donors (Lipinski definition) is 0. The maximum atomic E-state index is 15.4. The normalized spacial score (nSPS) is 23.2. The van der Waals surface area contributed by atoms with Gasteiger partial charge in [-0.25, -0.2) is 13.2 Å². The Bertz CT molecular complexity index is 1280. The summed E-state index contributed by atoms with van der Waals surface area (Å²) in [6.45, 7) is 5.82. The Morgan fingerprint density at radius 1 is 0.725 bits per heavy atom. The number of hydrogen-bond acceptors (Lipinski definition) is 0. The van der Waals surface area contributed by atoms with Crippen molar-refractivity contribution >= 4 is 0 Å². The third-order valence-electron chi connectivity index (χ3n) is 9.76. The number of benzene rings is 3. The van der Waals surface area contributed by atoms with E-state index in [1.807, 2.05) is 31.2 Å². The van der Waals surface area contributed by atoms with Crippen LogP contribution in [0.1, 0.15) is 94.6 Å². The van der Waals surface area contributed by atoms with E-state index < -0.39 is 11.6 Å². The van der Waals surface area contributed by atoms with Gasteiger partial charge in [-0.15, -0.1) is 6.58 Å². The average Bonchev–Trinajstić information content (AvgIpc) is 2.99. The van der Waals surface area contributed by atoms with E-state index in [2.05, 4.69) is 12.7 Å².